The average Bonchev–Trinajstić information content (AvgIpc) is 3.50. The molecule has 0 aliphatic heterocycles. The fourth-order valence-electron chi connectivity index (χ4n) is 11.3. The molecule has 0 radical (unpaired) electrons. The van der Waals surface area contributed by atoms with Crippen molar-refractivity contribution < 1.29 is 0 Å². The summed E-state index contributed by atoms with van der Waals surface area (Å²) >= 11 is 0. The van der Waals surface area contributed by atoms with Crippen LogP contribution in [0.1, 0.15) is 61.6 Å². The van der Waals surface area contributed by atoms with E-state index in [9.17, 15) is 0 Å². The van der Waals surface area contributed by atoms with E-state index in [1.807, 2.05) is 0 Å². The van der Waals surface area contributed by atoms with Gasteiger partial charge in [-0.25, -0.2) is 0 Å². The Hall–Kier alpha value is -9.50. The molecule has 0 saturated heterocycles. The number of rotatable bonds is 12. The minimum absolute atomic E-state index is 0.0825. The first-order valence-electron chi connectivity index (χ1n) is 26.1. The molecular weight excluding hydrogens is 905 g/mol. The predicted molar refractivity (Wildman–Crippen MR) is 322 cm³/mol. The van der Waals surface area contributed by atoms with Gasteiger partial charge in [-0.1, -0.05) is 242 Å². The third-order valence-corrected chi connectivity index (χ3v) is 15.0. The molecule has 2 aliphatic rings. The van der Waals surface area contributed by atoms with Gasteiger partial charge in [0.2, 0.25) is 0 Å². The lowest BCUT2D eigenvalue weighted by atomic mass is 9.70. The minimum Gasteiger partial charge on any atom is -0.310 e. The van der Waals surface area contributed by atoms with E-state index in [1.165, 1.54) is 83.0 Å². The Morgan fingerprint density at radius 3 is 1.31 bits per heavy atom. The maximum atomic E-state index is 2.49. The van der Waals surface area contributed by atoms with Crippen molar-refractivity contribution in [2.45, 2.75) is 19.3 Å². The fourth-order valence-corrected chi connectivity index (χ4v) is 11.3. The van der Waals surface area contributed by atoms with Gasteiger partial charge >= 0.3 is 0 Å². The molecule has 0 bridgehead atoms. The summed E-state index contributed by atoms with van der Waals surface area (Å²) in [5.41, 5.74) is 21.9. The number of anilines is 6. The van der Waals surface area contributed by atoms with Gasteiger partial charge in [0.05, 0.1) is 5.69 Å². The summed E-state index contributed by atoms with van der Waals surface area (Å²) in [6.45, 7) is 2.16. The lowest BCUT2D eigenvalue weighted by molar-refractivity contribution is 0.954. The Labute approximate surface area is 440 Å². The molecule has 1 unspecified atom stereocenters. The van der Waals surface area contributed by atoms with E-state index in [2.05, 4.69) is 308 Å². The molecule has 75 heavy (non-hydrogen) atoms. The zero-order valence-corrected chi connectivity index (χ0v) is 41.9. The standard InChI is InChI=1S/C73H54N2/c1-51-27-41-58(42-28-51)74(59-43-35-55(36-44-59)32-29-52-15-5-2-6-16-52)69-50-49-67-70-62(23-13-25-66(69)70)63-24-14-26-68-72(63)71(67)64-21-11-12-22-65(64)73(68)75(60-45-37-56(38-46-60)33-30-53-17-7-3-8-18-53)61-47-39-57(40-48-61)34-31-54-19-9-4-10-20-54/h2-24,26-50,62H,25H2,1H3/b32-29+,33-30+,34-31+. The van der Waals surface area contributed by atoms with Crippen molar-refractivity contribution in [3.05, 3.63) is 310 Å². The van der Waals surface area contributed by atoms with Crippen molar-refractivity contribution in [1.29, 1.82) is 0 Å². The topological polar surface area (TPSA) is 6.48 Å². The SMILES string of the molecule is Cc1ccc(N(c2ccc(/C=C/c3ccccc3)cc2)c2ccc3c4c2CC=CC4c2cccc4c(N(c5ccc(/C=C/c6ccccc6)cc5)c5ccc(/C=C/c6ccccc6)cc5)c5ccccc5c-3c24)cc1. The van der Waals surface area contributed by atoms with Gasteiger partial charge in [0.1, 0.15) is 0 Å². The van der Waals surface area contributed by atoms with E-state index in [4.69, 9.17) is 0 Å². The zero-order valence-electron chi connectivity index (χ0n) is 41.9. The maximum absolute atomic E-state index is 2.49. The van der Waals surface area contributed by atoms with Crippen molar-refractivity contribution in [3.8, 4) is 11.1 Å². The number of hydrogen-bond acceptors (Lipinski definition) is 2. The molecule has 0 amide bonds. The lowest BCUT2D eigenvalue weighted by Crippen LogP contribution is -2.19. The van der Waals surface area contributed by atoms with Gasteiger partial charge in [-0.3, -0.25) is 0 Å². The highest BCUT2D eigenvalue weighted by Crippen LogP contribution is 2.57. The largest absolute Gasteiger partial charge is 0.310 e. The molecule has 13 rings (SSSR count). The monoisotopic (exact) mass is 958 g/mol. The summed E-state index contributed by atoms with van der Waals surface area (Å²) in [5, 5.41) is 5.02. The summed E-state index contributed by atoms with van der Waals surface area (Å²) in [5.74, 6) is 0.0825. The summed E-state index contributed by atoms with van der Waals surface area (Å²) in [4.78, 5) is 4.96. The van der Waals surface area contributed by atoms with Crippen LogP contribution in [0.25, 0.3) is 69.1 Å². The molecule has 11 aromatic rings. The van der Waals surface area contributed by atoms with Crippen LogP contribution in [0.2, 0.25) is 0 Å². The number of fused-ring (bicyclic) bond motifs is 4. The molecule has 0 fully saturated rings. The number of benzene rings is 11. The van der Waals surface area contributed by atoms with Gasteiger partial charge in [0.15, 0.2) is 0 Å². The number of aryl methyl sites for hydroxylation is 1. The minimum atomic E-state index is 0.0825. The predicted octanol–water partition coefficient (Wildman–Crippen LogP) is 20.0. The normalized spacial score (nSPS) is 13.5. The van der Waals surface area contributed by atoms with E-state index < -0.39 is 0 Å². The van der Waals surface area contributed by atoms with Crippen molar-refractivity contribution >= 4 is 92.1 Å². The van der Waals surface area contributed by atoms with Crippen molar-refractivity contribution in [3.63, 3.8) is 0 Å². The van der Waals surface area contributed by atoms with Crippen LogP contribution in [0.3, 0.4) is 0 Å². The van der Waals surface area contributed by atoms with Crippen molar-refractivity contribution in [2.24, 2.45) is 0 Å². The van der Waals surface area contributed by atoms with E-state index >= 15 is 0 Å². The Kier molecular flexibility index (Phi) is 12.0. The smallest absolute Gasteiger partial charge is 0.0618 e. The van der Waals surface area contributed by atoms with E-state index in [-0.39, 0.29) is 5.92 Å². The molecule has 2 heteroatoms. The number of hydrogen-bond donors (Lipinski definition) is 0. The summed E-state index contributed by atoms with van der Waals surface area (Å²) in [6, 6.07) is 88.6. The second kappa shape index (κ2) is 19.8. The third kappa shape index (κ3) is 8.77. The molecule has 0 spiro atoms. The van der Waals surface area contributed by atoms with Crippen molar-refractivity contribution in [2.75, 3.05) is 9.80 Å². The summed E-state index contributed by atoms with van der Waals surface area (Å²) < 4.78 is 0. The van der Waals surface area contributed by atoms with Gasteiger partial charge in [0, 0.05) is 45.1 Å². The van der Waals surface area contributed by atoms with Crippen LogP contribution >= 0.6 is 0 Å². The van der Waals surface area contributed by atoms with Crippen LogP contribution in [-0.4, -0.2) is 0 Å². The van der Waals surface area contributed by atoms with Crippen LogP contribution in [0.15, 0.2) is 255 Å². The fraction of sp³-hybridized carbons (Fsp3) is 0.0411. The highest BCUT2D eigenvalue weighted by molar-refractivity contribution is 6.24. The molecule has 2 nitrogen and oxygen atoms in total. The van der Waals surface area contributed by atoms with Crippen LogP contribution < -0.4 is 9.80 Å². The van der Waals surface area contributed by atoms with Gasteiger partial charge < -0.3 is 9.80 Å². The van der Waals surface area contributed by atoms with Crippen molar-refractivity contribution in [1.82, 2.24) is 0 Å². The van der Waals surface area contributed by atoms with Crippen LogP contribution in [-0.2, 0) is 6.42 Å². The number of allylic oxidation sites excluding steroid dienone is 2. The molecule has 0 aromatic heterocycles. The molecule has 2 aliphatic carbocycles. The lowest BCUT2D eigenvalue weighted by Gasteiger charge is -2.37. The second-order valence-electron chi connectivity index (χ2n) is 19.7. The van der Waals surface area contributed by atoms with Crippen LogP contribution in [0.4, 0.5) is 34.1 Å². The molecule has 1 atom stereocenters. The molecular formula is C73H54N2. The van der Waals surface area contributed by atoms with E-state index in [0.717, 1.165) is 45.9 Å². The first-order valence-corrected chi connectivity index (χ1v) is 26.1. The summed E-state index contributed by atoms with van der Waals surface area (Å²) in [6.07, 6.45) is 18.9. The third-order valence-electron chi connectivity index (χ3n) is 15.0. The summed E-state index contributed by atoms with van der Waals surface area (Å²) in [7, 11) is 0. The molecule has 356 valence electrons. The first-order chi connectivity index (χ1) is 37.1. The Bertz CT molecular complexity index is 3890. The quantitative estimate of drug-likeness (QED) is 0.0684. The highest BCUT2D eigenvalue weighted by atomic mass is 15.2. The molecule has 0 N–H and O–H groups in total. The Balaban J connectivity index is 0.967. The zero-order chi connectivity index (χ0) is 50.1. The Morgan fingerprint density at radius 2 is 0.800 bits per heavy atom. The van der Waals surface area contributed by atoms with E-state index in [1.54, 1.807) is 0 Å². The van der Waals surface area contributed by atoms with Gasteiger partial charge in [-0.05, 0) is 140 Å². The number of nitrogens with zero attached hydrogens (tertiary/aromatic N) is 2. The molecule has 11 aromatic carbocycles. The molecule has 0 heterocycles. The maximum Gasteiger partial charge on any atom is 0.0618 e. The highest BCUT2D eigenvalue weighted by Gasteiger charge is 2.35. The Morgan fingerprint density at radius 1 is 0.373 bits per heavy atom. The van der Waals surface area contributed by atoms with Gasteiger partial charge in [-0.15, -0.1) is 0 Å². The van der Waals surface area contributed by atoms with Gasteiger partial charge in [-0.2, -0.15) is 0 Å². The average molecular weight is 959 g/mol. The molecule has 0 saturated carbocycles. The second-order valence-corrected chi connectivity index (χ2v) is 19.7. The van der Waals surface area contributed by atoms with Crippen LogP contribution in [0.5, 0.6) is 0 Å². The van der Waals surface area contributed by atoms with Crippen LogP contribution in [0, 0.1) is 6.92 Å². The first kappa shape index (κ1) is 45.4. The van der Waals surface area contributed by atoms with E-state index in [0.29, 0.717) is 0 Å². The van der Waals surface area contributed by atoms with Gasteiger partial charge in [0.25, 0.3) is 0 Å².